The molecule has 0 atom stereocenters. The summed E-state index contributed by atoms with van der Waals surface area (Å²) in [6.45, 7) is 1.48. The lowest BCUT2D eigenvalue weighted by atomic mass is 10.1. The molecule has 0 aliphatic rings. The molecule has 5 heteroatoms. The van der Waals surface area contributed by atoms with E-state index in [1.807, 2.05) is 36.4 Å². The van der Waals surface area contributed by atoms with Gasteiger partial charge >= 0.3 is 0 Å². The van der Waals surface area contributed by atoms with E-state index in [9.17, 15) is 0 Å². The van der Waals surface area contributed by atoms with Crippen LogP contribution in [0.1, 0.15) is 6.42 Å². The van der Waals surface area contributed by atoms with Gasteiger partial charge in [0.25, 0.3) is 0 Å². The Hall–Kier alpha value is -2.14. The van der Waals surface area contributed by atoms with Crippen molar-refractivity contribution in [2.24, 2.45) is 5.73 Å². The summed E-state index contributed by atoms with van der Waals surface area (Å²) in [7, 11) is 1.65. The number of methoxy groups -OCH3 is 1. The highest BCUT2D eigenvalue weighted by Crippen LogP contribution is 2.20. The minimum absolute atomic E-state index is 0.671. The van der Waals surface area contributed by atoms with Crippen molar-refractivity contribution in [3.63, 3.8) is 0 Å². The van der Waals surface area contributed by atoms with Gasteiger partial charge in [0.2, 0.25) is 0 Å². The summed E-state index contributed by atoms with van der Waals surface area (Å²) in [5.74, 6) is 1.60. The van der Waals surface area contributed by atoms with Gasteiger partial charge in [0.05, 0.1) is 12.8 Å². The van der Waals surface area contributed by atoms with Gasteiger partial charge in [-0.25, -0.2) is 0 Å². The van der Waals surface area contributed by atoms with Crippen LogP contribution in [-0.2, 0) is 0 Å². The van der Waals surface area contributed by atoms with Crippen LogP contribution in [0.5, 0.6) is 5.75 Å². The van der Waals surface area contributed by atoms with E-state index in [1.165, 1.54) is 0 Å². The van der Waals surface area contributed by atoms with Crippen molar-refractivity contribution in [3.8, 4) is 17.0 Å². The topological polar surface area (TPSA) is 73.1 Å². The molecule has 100 valence electrons. The fourth-order valence-electron chi connectivity index (χ4n) is 1.66. The van der Waals surface area contributed by atoms with E-state index < -0.39 is 0 Å². The van der Waals surface area contributed by atoms with Crippen LogP contribution < -0.4 is 15.8 Å². The van der Waals surface area contributed by atoms with Crippen LogP contribution in [0.25, 0.3) is 11.3 Å². The number of aromatic nitrogens is 2. The quantitative estimate of drug-likeness (QED) is 0.774. The third kappa shape index (κ3) is 3.66. The monoisotopic (exact) mass is 258 g/mol. The third-order valence-corrected chi connectivity index (χ3v) is 2.74. The van der Waals surface area contributed by atoms with E-state index in [2.05, 4.69) is 15.5 Å². The van der Waals surface area contributed by atoms with Gasteiger partial charge in [-0.05, 0) is 49.4 Å². The molecule has 2 aromatic rings. The van der Waals surface area contributed by atoms with Crippen molar-refractivity contribution in [2.75, 3.05) is 25.5 Å². The maximum atomic E-state index is 5.43. The Morgan fingerprint density at radius 3 is 2.47 bits per heavy atom. The molecular weight excluding hydrogens is 240 g/mol. The lowest BCUT2D eigenvalue weighted by Gasteiger charge is -2.05. The number of rotatable bonds is 6. The van der Waals surface area contributed by atoms with Gasteiger partial charge in [0, 0.05) is 12.1 Å². The molecule has 2 rings (SSSR count). The van der Waals surface area contributed by atoms with Crippen molar-refractivity contribution in [1.29, 1.82) is 0 Å². The van der Waals surface area contributed by atoms with Gasteiger partial charge < -0.3 is 15.8 Å². The van der Waals surface area contributed by atoms with Crippen LogP contribution in [0.3, 0.4) is 0 Å². The van der Waals surface area contributed by atoms with E-state index in [-0.39, 0.29) is 0 Å². The first kappa shape index (κ1) is 13.3. The molecule has 5 nitrogen and oxygen atoms in total. The lowest BCUT2D eigenvalue weighted by Crippen LogP contribution is -2.09. The molecule has 0 saturated carbocycles. The molecule has 3 N–H and O–H groups in total. The SMILES string of the molecule is COc1ccc(-c2ccc(NCCCN)nn2)cc1. The standard InChI is InChI=1S/C14H18N4O/c1-19-12-5-3-11(4-6-12)13-7-8-14(18-17-13)16-10-2-9-15/h3-8H,2,9-10,15H2,1H3,(H,16,18). The molecule has 0 spiro atoms. The van der Waals surface area contributed by atoms with Gasteiger partial charge in [0.1, 0.15) is 11.6 Å². The summed E-state index contributed by atoms with van der Waals surface area (Å²) in [6.07, 6.45) is 0.919. The molecule has 0 bridgehead atoms. The maximum absolute atomic E-state index is 5.43. The molecule has 0 unspecified atom stereocenters. The van der Waals surface area contributed by atoms with Crippen molar-refractivity contribution in [2.45, 2.75) is 6.42 Å². The Labute approximate surface area is 112 Å². The third-order valence-electron chi connectivity index (χ3n) is 2.74. The van der Waals surface area contributed by atoms with Crippen molar-refractivity contribution in [1.82, 2.24) is 10.2 Å². The molecule has 1 heterocycles. The zero-order valence-electron chi connectivity index (χ0n) is 11.0. The molecule has 19 heavy (non-hydrogen) atoms. The first-order chi connectivity index (χ1) is 9.33. The summed E-state index contributed by atoms with van der Waals surface area (Å²) in [5.41, 5.74) is 7.29. The highest BCUT2D eigenvalue weighted by molar-refractivity contribution is 5.60. The number of ether oxygens (including phenoxy) is 1. The van der Waals surface area contributed by atoms with Gasteiger partial charge in [-0.3, -0.25) is 0 Å². The van der Waals surface area contributed by atoms with Crippen molar-refractivity contribution >= 4 is 5.82 Å². The summed E-state index contributed by atoms with van der Waals surface area (Å²) < 4.78 is 5.12. The van der Waals surface area contributed by atoms with E-state index in [1.54, 1.807) is 7.11 Å². The number of nitrogens with one attached hydrogen (secondary N) is 1. The fourth-order valence-corrected chi connectivity index (χ4v) is 1.66. The molecule has 0 fully saturated rings. The van der Waals surface area contributed by atoms with Gasteiger partial charge in [-0.15, -0.1) is 10.2 Å². The average molecular weight is 258 g/mol. The molecular formula is C14H18N4O. The van der Waals surface area contributed by atoms with Crippen LogP contribution in [0.15, 0.2) is 36.4 Å². The Bertz CT molecular complexity index is 496. The summed E-state index contributed by atoms with van der Waals surface area (Å²) in [6, 6.07) is 11.6. The largest absolute Gasteiger partial charge is 0.497 e. The second kappa shape index (κ2) is 6.70. The second-order valence-corrected chi connectivity index (χ2v) is 4.10. The highest BCUT2D eigenvalue weighted by Gasteiger charge is 2.01. The summed E-state index contributed by atoms with van der Waals surface area (Å²) in [4.78, 5) is 0. The van der Waals surface area contributed by atoms with E-state index >= 15 is 0 Å². The number of hydrogen-bond acceptors (Lipinski definition) is 5. The first-order valence-electron chi connectivity index (χ1n) is 6.25. The fraction of sp³-hybridized carbons (Fsp3) is 0.286. The van der Waals surface area contributed by atoms with E-state index in [0.29, 0.717) is 6.54 Å². The van der Waals surface area contributed by atoms with Crippen LogP contribution in [0.2, 0.25) is 0 Å². The molecule has 0 amide bonds. The van der Waals surface area contributed by atoms with Gasteiger partial charge in [-0.2, -0.15) is 0 Å². The molecule has 0 aliphatic carbocycles. The van der Waals surface area contributed by atoms with Crippen molar-refractivity contribution < 1.29 is 4.74 Å². The first-order valence-corrected chi connectivity index (χ1v) is 6.25. The predicted molar refractivity (Wildman–Crippen MR) is 76.2 cm³/mol. The number of nitrogens with two attached hydrogens (primary N) is 1. The average Bonchev–Trinajstić information content (AvgIpc) is 2.48. The Kier molecular flexibility index (Phi) is 4.69. The van der Waals surface area contributed by atoms with Gasteiger partial charge in [-0.1, -0.05) is 0 Å². The van der Waals surface area contributed by atoms with Gasteiger partial charge in [0.15, 0.2) is 0 Å². The zero-order valence-corrected chi connectivity index (χ0v) is 11.0. The number of benzene rings is 1. The Morgan fingerprint density at radius 1 is 1.11 bits per heavy atom. The summed E-state index contributed by atoms with van der Waals surface area (Å²) in [5, 5.41) is 11.5. The zero-order chi connectivity index (χ0) is 13.5. The highest BCUT2D eigenvalue weighted by atomic mass is 16.5. The minimum Gasteiger partial charge on any atom is -0.497 e. The maximum Gasteiger partial charge on any atom is 0.148 e. The lowest BCUT2D eigenvalue weighted by molar-refractivity contribution is 0.415. The molecule has 0 saturated heterocycles. The van der Waals surface area contributed by atoms with E-state index in [4.69, 9.17) is 10.5 Å². The molecule has 0 aliphatic heterocycles. The van der Waals surface area contributed by atoms with Crippen LogP contribution >= 0.6 is 0 Å². The number of hydrogen-bond donors (Lipinski definition) is 2. The molecule has 0 radical (unpaired) electrons. The number of nitrogens with zero attached hydrogens (tertiary/aromatic N) is 2. The second-order valence-electron chi connectivity index (χ2n) is 4.10. The van der Waals surface area contributed by atoms with E-state index in [0.717, 1.165) is 35.8 Å². The predicted octanol–water partition coefficient (Wildman–Crippen LogP) is 1.91. The van der Waals surface area contributed by atoms with Crippen molar-refractivity contribution in [3.05, 3.63) is 36.4 Å². The van der Waals surface area contributed by atoms with Crippen LogP contribution in [0, 0.1) is 0 Å². The van der Waals surface area contributed by atoms with Crippen LogP contribution in [0.4, 0.5) is 5.82 Å². The smallest absolute Gasteiger partial charge is 0.148 e. The molecule has 1 aromatic carbocycles. The summed E-state index contributed by atoms with van der Waals surface area (Å²) >= 11 is 0. The normalized spacial score (nSPS) is 10.2. The molecule has 1 aromatic heterocycles. The Balaban J connectivity index is 2.04. The minimum atomic E-state index is 0.671. The Morgan fingerprint density at radius 2 is 1.89 bits per heavy atom. The van der Waals surface area contributed by atoms with Crippen LogP contribution in [-0.4, -0.2) is 30.4 Å². The number of anilines is 1.